The van der Waals surface area contributed by atoms with E-state index in [1.54, 1.807) is 6.92 Å². The third-order valence-electron chi connectivity index (χ3n) is 2.39. The van der Waals surface area contributed by atoms with Gasteiger partial charge in [0.15, 0.2) is 0 Å². The minimum Gasteiger partial charge on any atom is -0.394 e. The van der Waals surface area contributed by atoms with Gasteiger partial charge in [-0.2, -0.15) is 0 Å². The van der Waals surface area contributed by atoms with E-state index in [1.165, 1.54) is 0 Å². The van der Waals surface area contributed by atoms with Gasteiger partial charge in [-0.05, 0) is 6.42 Å². The van der Waals surface area contributed by atoms with Crippen molar-refractivity contribution in [2.24, 2.45) is 0 Å². The van der Waals surface area contributed by atoms with E-state index < -0.39 is 30.5 Å². The summed E-state index contributed by atoms with van der Waals surface area (Å²) >= 11 is 0. The summed E-state index contributed by atoms with van der Waals surface area (Å²) in [7, 11) is 0. The fourth-order valence-electron chi connectivity index (χ4n) is 1.52. The van der Waals surface area contributed by atoms with Crippen molar-refractivity contribution in [1.82, 2.24) is 0 Å². The van der Waals surface area contributed by atoms with Gasteiger partial charge in [0, 0.05) is 0 Å². The molecule has 1 heterocycles. The van der Waals surface area contributed by atoms with Gasteiger partial charge in [-0.15, -0.1) is 0 Å². The maximum Gasteiger partial charge on any atom is 0.111 e. The van der Waals surface area contributed by atoms with Crippen LogP contribution in [-0.4, -0.2) is 57.6 Å². The minimum absolute atomic E-state index is 0.360. The zero-order valence-electron chi connectivity index (χ0n) is 7.50. The van der Waals surface area contributed by atoms with Gasteiger partial charge in [-0.25, -0.2) is 0 Å². The molecular weight excluding hydrogens is 176 g/mol. The number of ether oxygens (including phenoxy) is 1. The third-order valence-corrected chi connectivity index (χ3v) is 2.39. The molecule has 1 fully saturated rings. The molecule has 0 amide bonds. The van der Waals surface area contributed by atoms with Crippen molar-refractivity contribution in [3.05, 3.63) is 0 Å². The normalized spacial score (nSPS) is 46.4. The molecule has 1 aliphatic rings. The molecule has 5 heteroatoms. The lowest BCUT2D eigenvalue weighted by atomic mass is 9.94. The van der Waals surface area contributed by atoms with Gasteiger partial charge in [0.25, 0.3) is 0 Å². The Morgan fingerprint density at radius 3 is 2.00 bits per heavy atom. The summed E-state index contributed by atoms with van der Waals surface area (Å²) in [6, 6.07) is 0. The fraction of sp³-hybridized carbons (Fsp3) is 1.00. The number of hydrogen-bond acceptors (Lipinski definition) is 5. The summed E-state index contributed by atoms with van der Waals surface area (Å²) in [6.45, 7) is 1.44. The number of aliphatic hydroxyl groups is 4. The third kappa shape index (κ3) is 2.00. The molecule has 0 bridgehead atoms. The van der Waals surface area contributed by atoms with E-state index in [1.807, 2.05) is 0 Å². The molecule has 0 aliphatic carbocycles. The molecule has 0 aromatic rings. The van der Waals surface area contributed by atoms with Crippen LogP contribution in [0.4, 0.5) is 0 Å². The van der Waals surface area contributed by atoms with Crippen LogP contribution < -0.4 is 0 Å². The van der Waals surface area contributed by atoms with E-state index >= 15 is 0 Å². The van der Waals surface area contributed by atoms with Gasteiger partial charge in [-0.1, -0.05) is 6.92 Å². The minimum atomic E-state index is -1.24. The topological polar surface area (TPSA) is 90.2 Å². The lowest BCUT2D eigenvalue weighted by molar-refractivity contribution is -0.229. The second-order valence-corrected chi connectivity index (χ2v) is 3.28. The molecule has 1 aliphatic heterocycles. The molecule has 5 atom stereocenters. The molecule has 13 heavy (non-hydrogen) atoms. The van der Waals surface area contributed by atoms with E-state index in [0.29, 0.717) is 6.42 Å². The van der Waals surface area contributed by atoms with Crippen LogP contribution in [0.5, 0.6) is 0 Å². The molecule has 0 spiro atoms. The van der Waals surface area contributed by atoms with Gasteiger partial charge >= 0.3 is 0 Å². The lowest BCUT2D eigenvalue weighted by Crippen LogP contribution is -2.58. The highest BCUT2D eigenvalue weighted by Gasteiger charge is 2.42. The smallest absolute Gasteiger partial charge is 0.111 e. The summed E-state index contributed by atoms with van der Waals surface area (Å²) in [5.74, 6) is 0. The lowest BCUT2D eigenvalue weighted by Gasteiger charge is -2.39. The Kier molecular flexibility index (Phi) is 3.63. The first-order valence-corrected chi connectivity index (χ1v) is 4.42. The summed E-state index contributed by atoms with van der Waals surface area (Å²) in [5, 5.41) is 36.9. The second kappa shape index (κ2) is 4.34. The predicted octanol–water partition coefficient (Wildman–Crippen LogP) is -1.76. The highest BCUT2D eigenvalue weighted by atomic mass is 16.5. The van der Waals surface area contributed by atoms with Gasteiger partial charge < -0.3 is 25.2 Å². The second-order valence-electron chi connectivity index (χ2n) is 3.28. The van der Waals surface area contributed by atoms with Crippen molar-refractivity contribution < 1.29 is 25.2 Å². The zero-order valence-corrected chi connectivity index (χ0v) is 7.50. The van der Waals surface area contributed by atoms with Crippen LogP contribution >= 0.6 is 0 Å². The largest absolute Gasteiger partial charge is 0.394 e. The average molecular weight is 192 g/mol. The number of aliphatic hydroxyl groups excluding tert-OH is 4. The van der Waals surface area contributed by atoms with E-state index in [2.05, 4.69) is 0 Å². The summed E-state index contributed by atoms with van der Waals surface area (Å²) < 4.78 is 5.17. The van der Waals surface area contributed by atoms with E-state index in [9.17, 15) is 15.3 Å². The van der Waals surface area contributed by atoms with Gasteiger partial charge in [0.2, 0.25) is 0 Å². The summed E-state index contributed by atoms with van der Waals surface area (Å²) in [4.78, 5) is 0. The molecule has 4 N–H and O–H groups in total. The Labute approximate surface area is 76.6 Å². The maximum absolute atomic E-state index is 9.40. The van der Waals surface area contributed by atoms with Crippen LogP contribution in [0.15, 0.2) is 0 Å². The van der Waals surface area contributed by atoms with Crippen molar-refractivity contribution in [3.8, 4) is 0 Å². The highest BCUT2D eigenvalue weighted by molar-refractivity contribution is 4.91. The van der Waals surface area contributed by atoms with Crippen molar-refractivity contribution in [2.75, 3.05) is 6.61 Å². The quantitative estimate of drug-likeness (QED) is 0.416. The van der Waals surface area contributed by atoms with Crippen LogP contribution in [0.1, 0.15) is 13.3 Å². The molecule has 1 saturated heterocycles. The summed E-state index contributed by atoms with van der Waals surface area (Å²) in [5.41, 5.74) is 0. The van der Waals surface area contributed by atoms with Crippen LogP contribution in [0, 0.1) is 0 Å². The van der Waals surface area contributed by atoms with Gasteiger partial charge in [0.05, 0.1) is 12.7 Å². The molecular formula is C8H16O5. The zero-order chi connectivity index (χ0) is 10.0. The van der Waals surface area contributed by atoms with Crippen molar-refractivity contribution in [2.45, 2.75) is 43.9 Å². The first-order valence-electron chi connectivity index (χ1n) is 4.42. The van der Waals surface area contributed by atoms with Crippen molar-refractivity contribution >= 4 is 0 Å². The Hall–Kier alpha value is -0.200. The average Bonchev–Trinajstić information content (AvgIpc) is 2.15. The monoisotopic (exact) mass is 192 g/mol. The Morgan fingerprint density at radius 1 is 1.00 bits per heavy atom. The molecule has 5 nitrogen and oxygen atoms in total. The molecule has 0 saturated carbocycles. The predicted molar refractivity (Wildman–Crippen MR) is 44.1 cm³/mol. The Balaban J connectivity index is 2.66. The maximum atomic E-state index is 9.40. The van der Waals surface area contributed by atoms with Crippen LogP contribution in [-0.2, 0) is 4.74 Å². The first kappa shape index (κ1) is 10.9. The van der Waals surface area contributed by atoms with Crippen molar-refractivity contribution in [3.63, 3.8) is 0 Å². The van der Waals surface area contributed by atoms with E-state index in [0.717, 1.165) is 0 Å². The molecule has 0 aromatic carbocycles. The highest BCUT2D eigenvalue weighted by Crippen LogP contribution is 2.22. The number of rotatable bonds is 2. The SMILES string of the molecule is CC[C@H]1OC(CO)[C@H](O)[C@H](O)C1O. The van der Waals surface area contributed by atoms with Crippen LogP contribution in [0.3, 0.4) is 0 Å². The summed E-state index contributed by atoms with van der Waals surface area (Å²) in [6.07, 6.45) is -4.33. The Bertz CT molecular complexity index is 143. The van der Waals surface area contributed by atoms with Gasteiger partial charge in [-0.3, -0.25) is 0 Å². The molecule has 0 radical (unpaired) electrons. The van der Waals surface area contributed by atoms with E-state index in [4.69, 9.17) is 9.84 Å². The molecule has 0 aromatic heterocycles. The number of hydrogen-bond donors (Lipinski definition) is 4. The molecule has 1 rings (SSSR count). The fourth-order valence-corrected chi connectivity index (χ4v) is 1.52. The van der Waals surface area contributed by atoms with Crippen LogP contribution in [0.2, 0.25) is 0 Å². The first-order chi connectivity index (χ1) is 6.11. The molecule has 2 unspecified atom stereocenters. The van der Waals surface area contributed by atoms with Crippen molar-refractivity contribution in [1.29, 1.82) is 0 Å². The van der Waals surface area contributed by atoms with Gasteiger partial charge in [0.1, 0.15) is 24.4 Å². The Morgan fingerprint density at radius 2 is 1.54 bits per heavy atom. The molecule has 78 valence electrons. The standard InChI is InChI=1S/C8H16O5/c1-2-4-6(10)8(12)7(11)5(3-9)13-4/h4-12H,2-3H2,1H3/t4-,5?,6?,7+,8-/m1/s1. The van der Waals surface area contributed by atoms with E-state index in [-0.39, 0.29) is 6.61 Å². The van der Waals surface area contributed by atoms with Crippen LogP contribution in [0.25, 0.3) is 0 Å².